The zero-order valence-corrected chi connectivity index (χ0v) is 17.2. The molecule has 168 valence electrons. The molecule has 2 aromatic heterocycles. The molecule has 3 N–H and O–H groups in total. The highest BCUT2D eigenvalue weighted by molar-refractivity contribution is 5.85. The second kappa shape index (κ2) is 9.69. The van der Waals surface area contributed by atoms with Crippen LogP contribution in [0.25, 0.3) is 11.2 Å². The van der Waals surface area contributed by atoms with Crippen LogP contribution in [0.4, 0.5) is 0 Å². The van der Waals surface area contributed by atoms with Crippen molar-refractivity contribution in [2.24, 2.45) is 5.92 Å². The van der Waals surface area contributed by atoms with Crippen LogP contribution in [0.2, 0.25) is 0 Å². The van der Waals surface area contributed by atoms with Crippen LogP contribution in [-0.4, -0.2) is 61.2 Å². The van der Waals surface area contributed by atoms with Crippen molar-refractivity contribution in [3.63, 3.8) is 0 Å². The fourth-order valence-corrected chi connectivity index (χ4v) is 3.34. The Kier molecular flexibility index (Phi) is 7.00. The minimum atomic E-state index is -1.12. The lowest BCUT2D eigenvalue weighted by Crippen LogP contribution is -2.44. The second-order valence-corrected chi connectivity index (χ2v) is 7.66. The second-order valence-electron chi connectivity index (χ2n) is 7.66. The summed E-state index contributed by atoms with van der Waals surface area (Å²) in [6, 6.07) is -1.00. The zero-order valence-electron chi connectivity index (χ0n) is 17.2. The van der Waals surface area contributed by atoms with E-state index in [-0.39, 0.29) is 43.2 Å². The highest BCUT2D eigenvalue weighted by Gasteiger charge is 2.29. The summed E-state index contributed by atoms with van der Waals surface area (Å²) in [7, 11) is 0. The monoisotopic (exact) mass is 435 g/mol. The summed E-state index contributed by atoms with van der Waals surface area (Å²) in [6.07, 6.45) is 3.08. The fourth-order valence-electron chi connectivity index (χ4n) is 3.34. The van der Waals surface area contributed by atoms with Crippen molar-refractivity contribution < 1.29 is 29.0 Å². The fraction of sp³-hybridized carbons (Fsp3) is 0.579. The Bertz CT molecular complexity index is 1010. The van der Waals surface area contributed by atoms with Gasteiger partial charge in [0.2, 0.25) is 5.91 Å². The number of carbonyl (C=O) groups is 3. The van der Waals surface area contributed by atoms with Gasteiger partial charge >= 0.3 is 17.5 Å². The van der Waals surface area contributed by atoms with Crippen molar-refractivity contribution in [2.45, 2.75) is 57.9 Å². The number of fused-ring (bicyclic) bond motifs is 1. The Labute approximate surface area is 177 Å². The number of amides is 1. The van der Waals surface area contributed by atoms with E-state index in [9.17, 15) is 19.2 Å². The van der Waals surface area contributed by atoms with Gasteiger partial charge < -0.3 is 24.9 Å². The Morgan fingerprint density at radius 3 is 2.81 bits per heavy atom. The maximum atomic E-state index is 11.9. The summed E-state index contributed by atoms with van der Waals surface area (Å²) in [6.45, 7) is 3.40. The summed E-state index contributed by atoms with van der Waals surface area (Å²) < 4.78 is 12.8. The minimum Gasteiger partial charge on any atom is -0.480 e. The lowest BCUT2D eigenvalue weighted by molar-refractivity contribution is -0.149. The van der Waals surface area contributed by atoms with Crippen molar-refractivity contribution in [1.82, 2.24) is 24.8 Å². The molecular weight excluding hydrogens is 410 g/mol. The highest BCUT2D eigenvalue weighted by Crippen LogP contribution is 2.30. The molecule has 1 unspecified atom stereocenters. The number of aliphatic carboxylic acids is 1. The number of nitrogens with one attached hydrogen (secondary N) is 2. The molecule has 1 aliphatic heterocycles. The highest BCUT2D eigenvalue weighted by atomic mass is 16.6. The van der Waals surface area contributed by atoms with Crippen molar-refractivity contribution in [3.8, 4) is 0 Å². The Balaban J connectivity index is 1.43. The average molecular weight is 435 g/mol. The van der Waals surface area contributed by atoms with E-state index >= 15 is 0 Å². The van der Waals surface area contributed by atoms with Gasteiger partial charge in [-0.2, -0.15) is 4.98 Å². The predicted molar refractivity (Wildman–Crippen MR) is 106 cm³/mol. The van der Waals surface area contributed by atoms with E-state index in [1.165, 1.54) is 12.7 Å². The van der Waals surface area contributed by atoms with Crippen LogP contribution < -0.4 is 10.9 Å². The van der Waals surface area contributed by atoms with Gasteiger partial charge in [0.25, 0.3) is 0 Å². The Morgan fingerprint density at radius 1 is 1.32 bits per heavy atom. The summed E-state index contributed by atoms with van der Waals surface area (Å²) >= 11 is 0. The maximum absolute atomic E-state index is 11.9. The van der Waals surface area contributed by atoms with Gasteiger partial charge in [-0.3, -0.25) is 19.0 Å². The van der Waals surface area contributed by atoms with Crippen molar-refractivity contribution >= 4 is 29.0 Å². The number of carbonyl (C=O) groups excluding carboxylic acids is 2. The quantitative estimate of drug-likeness (QED) is 0.471. The summed E-state index contributed by atoms with van der Waals surface area (Å²) in [5.41, 5.74) is 0.305. The molecule has 0 aromatic carbocycles. The van der Waals surface area contributed by atoms with Gasteiger partial charge in [0.1, 0.15) is 24.5 Å². The summed E-state index contributed by atoms with van der Waals surface area (Å²) in [4.78, 5) is 57.2. The molecule has 3 heterocycles. The van der Waals surface area contributed by atoms with E-state index in [0.717, 1.165) is 0 Å². The molecule has 1 fully saturated rings. The number of hydrogen-bond donors (Lipinski definition) is 3. The number of carboxylic acid groups (broad SMARTS) is 1. The summed E-state index contributed by atoms with van der Waals surface area (Å²) in [5, 5.41) is 11.5. The first-order valence-electron chi connectivity index (χ1n) is 9.99. The third-order valence-electron chi connectivity index (χ3n) is 5.01. The SMILES string of the molecule is CC(C)[C@H](NC(=O)CCC(=O)OCC1CC[C@H](n2cnc3c(=O)nc[nH]c32)O1)C(=O)O. The molecule has 31 heavy (non-hydrogen) atoms. The number of hydrogen-bond acceptors (Lipinski definition) is 8. The molecule has 3 atom stereocenters. The van der Waals surface area contributed by atoms with Gasteiger partial charge in [0.15, 0.2) is 5.52 Å². The van der Waals surface area contributed by atoms with Gasteiger partial charge in [0.05, 0.1) is 25.2 Å². The van der Waals surface area contributed by atoms with E-state index in [4.69, 9.17) is 14.6 Å². The van der Waals surface area contributed by atoms with Crippen molar-refractivity contribution in [1.29, 1.82) is 0 Å². The normalized spacial score (nSPS) is 19.5. The molecule has 3 rings (SSSR count). The lowest BCUT2D eigenvalue weighted by atomic mass is 10.0. The van der Waals surface area contributed by atoms with Crippen LogP contribution in [-0.2, 0) is 23.9 Å². The number of carboxylic acids is 1. The third kappa shape index (κ3) is 5.45. The zero-order chi connectivity index (χ0) is 22.5. The van der Waals surface area contributed by atoms with Gasteiger partial charge in [-0.1, -0.05) is 13.8 Å². The average Bonchev–Trinajstić information content (AvgIpc) is 3.35. The van der Waals surface area contributed by atoms with Gasteiger partial charge in [-0.25, -0.2) is 9.78 Å². The third-order valence-corrected chi connectivity index (χ3v) is 5.01. The molecule has 0 aliphatic carbocycles. The number of ether oxygens (including phenoxy) is 2. The number of nitrogens with zero attached hydrogens (tertiary/aromatic N) is 3. The van der Waals surface area contributed by atoms with E-state index in [1.807, 2.05) is 0 Å². The van der Waals surface area contributed by atoms with E-state index in [1.54, 1.807) is 18.4 Å². The number of H-pyrrole nitrogens is 1. The van der Waals surface area contributed by atoms with Crippen LogP contribution in [0.1, 0.15) is 45.8 Å². The predicted octanol–water partition coefficient (Wildman–Crippen LogP) is 0.346. The standard InChI is InChI=1S/C19H25N5O7/c1-10(2)15(19(28)29)23-12(25)4-6-14(26)30-7-11-3-5-13(31-11)24-9-22-16-17(24)20-8-21-18(16)27/h8-11,13,15H,3-7H2,1-2H3,(H,23,25)(H,28,29)(H,20,21,27)/t11?,13-,15+/m1/s1. The molecular formula is C19H25N5O7. The van der Waals surface area contributed by atoms with E-state index in [2.05, 4.69) is 20.3 Å². The molecule has 1 saturated heterocycles. The first-order chi connectivity index (χ1) is 14.8. The molecule has 0 spiro atoms. The van der Waals surface area contributed by atoms with Crippen LogP contribution in [0.15, 0.2) is 17.4 Å². The molecule has 1 aliphatic rings. The molecule has 2 aromatic rings. The van der Waals surface area contributed by atoms with Gasteiger partial charge in [-0.05, 0) is 18.8 Å². The van der Waals surface area contributed by atoms with Crippen LogP contribution in [0.5, 0.6) is 0 Å². The number of esters is 1. The van der Waals surface area contributed by atoms with Crippen molar-refractivity contribution in [3.05, 3.63) is 23.0 Å². The van der Waals surface area contributed by atoms with Crippen LogP contribution >= 0.6 is 0 Å². The topological polar surface area (TPSA) is 165 Å². The molecule has 12 heteroatoms. The van der Waals surface area contributed by atoms with Crippen LogP contribution in [0.3, 0.4) is 0 Å². The molecule has 0 bridgehead atoms. The van der Waals surface area contributed by atoms with Gasteiger partial charge in [0, 0.05) is 6.42 Å². The number of imidazole rings is 1. The molecule has 12 nitrogen and oxygen atoms in total. The first-order valence-corrected chi connectivity index (χ1v) is 9.99. The van der Waals surface area contributed by atoms with E-state index in [0.29, 0.717) is 18.5 Å². The largest absolute Gasteiger partial charge is 0.480 e. The number of aromatic nitrogens is 4. The van der Waals surface area contributed by atoms with Crippen molar-refractivity contribution in [2.75, 3.05) is 6.61 Å². The molecule has 1 amide bonds. The molecule has 0 saturated carbocycles. The van der Waals surface area contributed by atoms with Crippen LogP contribution in [0, 0.1) is 5.92 Å². The number of aromatic amines is 1. The summed E-state index contributed by atoms with van der Waals surface area (Å²) in [5.74, 6) is -2.49. The smallest absolute Gasteiger partial charge is 0.326 e. The minimum absolute atomic E-state index is 0.0331. The Morgan fingerprint density at radius 2 is 2.10 bits per heavy atom. The van der Waals surface area contributed by atoms with E-state index < -0.39 is 29.4 Å². The Hall–Kier alpha value is -3.28. The van der Waals surface area contributed by atoms with Gasteiger partial charge in [-0.15, -0.1) is 0 Å². The first kappa shape index (κ1) is 22.4. The maximum Gasteiger partial charge on any atom is 0.326 e. The lowest BCUT2D eigenvalue weighted by Gasteiger charge is -2.18. The number of rotatable bonds is 9. The molecule has 0 radical (unpaired) electrons.